The Kier molecular flexibility index (Phi) is 4.28. The Balaban J connectivity index is 2.56. The van der Waals surface area contributed by atoms with E-state index in [4.69, 9.17) is 0 Å². The molecule has 0 heterocycles. The van der Waals surface area contributed by atoms with Crippen molar-refractivity contribution < 1.29 is 4.39 Å². The lowest BCUT2D eigenvalue weighted by Crippen LogP contribution is -2.21. The molecule has 1 N–H and O–H groups in total. The second-order valence-corrected chi connectivity index (χ2v) is 4.82. The molecular weight excluding hydrogens is 189 g/mol. The molecule has 0 aliphatic carbocycles. The smallest absolute Gasteiger partial charge is 0.123 e. The Labute approximate surface area is 91.7 Å². The fourth-order valence-electron chi connectivity index (χ4n) is 1.71. The minimum atomic E-state index is -0.160. The highest BCUT2D eigenvalue weighted by Crippen LogP contribution is 2.25. The van der Waals surface area contributed by atoms with Gasteiger partial charge in [-0.15, -0.1) is 0 Å². The number of rotatable bonds is 5. The van der Waals surface area contributed by atoms with E-state index in [1.807, 2.05) is 19.2 Å². The first kappa shape index (κ1) is 12.2. The first-order valence-electron chi connectivity index (χ1n) is 5.42. The maximum absolute atomic E-state index is 12.7. The monoisotopic (exact) mass is 209 g/mol. The molecule has 0 amide bonds. The Morgan fingerprint density at radius 1 is 1.20 bits per heavy atom. The van der Waals surface area contributed by atoms with Crippen LogP contribution in [0.2, 0.25) is 0 Å². The normalized spacial score (nSPS) is 11.7. The van der Waals surface area contributed by atoms with Gasteiger partial charge in [0.2, 0.25) is 0 Å². The van der Waals surface area contributed by atoms with Crippen LogP contribution in [0, 0.1) is 11.2 Å². The van der Waals surface area contributed by atoms with Gasteiger partial charge in [0.05, 0.1) is 0 Å². The van der Waals surface area contributed by atoms with Gasteiger partial charge in [0.15, 0.2) is 0 Å². The molecule has 0 saturated carbocycles. The zero-order valence-electron chi connectivity index (χ0n) is 9.81. The van der Waals surface area contributed by atoms with Gasteiger partial charge in [0.1, 0.15) is 5.82 Å². The van der Waals surface area contributed by atoms with E-state index < -0.39 is 0 Å². The highest BCUT2D eigenvalue weighted by Gasteiger charge is 2.17. The molecule has 15 heavy (non-hydrogen) atoms. The van der Waals surface area contributed by atoms with E-state index in [2.05, 4.69) is 19.2 Å². The third-order valence-corrected chi connectivity index (χ3v) is 2.65. The van der Waals surface area contributed by atoms with Crippen LogP contribution in [0.15, 0.2) is 24.3 Å². The van der Waals surface area contributed by atoms with Crippen LogP contribution in [0.3, 0.4) is 0 Å². The lowest BCUT2D eigenvalue weighted by molar-refractivity contribution is 0.329. The topological polar surface area (TPSA) is 12.0 Å². The first-order valence-corrected chi connectivity index (χ1v) is 5.42. The molecule has 1 nitrogen and oxygen atoms in total. The molecule has 1 aromatic carbocycles. The van der Waals surface area contributed by atoms with Crippen molar-refractivity contribution in [2.24, 2.45) is 5.41 Å². The zero-order valence-corrected chi connectivity index (χ0v) is 9.81. The van der Waals surface area contributed by atoms with Crippen molar-refractivity contribution in [1.29, 1.82) is 0 Å². The average Bonchev–Trinajstić information content (AvgIpc) is 2.18. The van der Waals surface area contributed by atoms with Gasteiger partial charge in [0.25, 0.3) is 0 Å². The van der Waals surface area contributed by atoms with Crippen molar-refractivity contribution in [2.45, 2.75) is 26.7 Å². The second kappa shape index (κ2) is 5.26. The summed E-state index contributed by atoms with van der Waals surface area (Å²) in [6.45, 7) is 5.51. The molecule has 0 spiro atoms. The lowest BCUT2D eigenvalue weighted by atomic mass is 9.83. The van der Waals surface area contributed by atoms with Crippen LogP contribution < -0.4 is 5.32 Å². The number of hydrogen-bond acceptors (Lipinski definition) is 1. The summed E-state index contributed by atoms with van der Waals surface area (Å²) in [7, 11) is 1.97. The third kappa shape index (κ3) is 4.43. The largest absolute Gasteiger partial charge is 0.320 e. The fraction of sp³-hybridized carbons (Fsp3) is 0.538. The predicted molar refractivity (Wildman–Crippen MR) is 62.4 cm³/mol. The average molecular weight is 209 g/mol. The molecule has 0 fully saturated rings. The van der Waals surface area contributed by atoms with E-state index in [0.29, 0.717) is 0 Å². The van der Waals surface area contributed by atoms with Crippen LogP contribution >= 0.6 is 0 Å². The summed E-state index contributed by atoms with van der Waals surface area (Å²) in [6.07, 6.45) is 2.12. The van der Waals surface area contributed by atoms with Gasteiger partial charge in [-0.25, -0.2) is 4.39 Å². The van der Waals surface area contributed by atoms with Crippen LogP contribution in [0.5, 0.6) is 0 Å². The van der Waals surface area contributed by atoms with E-state index in [-0.39, 0.29) is 11.2 Å². The van der Waals surface area contributed by atoms with E-state index in [1.165, 1.54) is 17.7 Å². The number of hydrogen-bond donors (Lipinski definition) is 1. The maximum atomic E-state index is 12.7. The minimum Gasteiger partial charge on any atom is -0.320 e. The zero-order chi connectivity index (χ0) is 11.3. The van der Waals surface area contributed by atoms with E-state index in [1.54, 1.807) is 0 Å². The van der Waals surface area contributed by atoms with Gasteiger partial charge in [-0.3, -0.25) is 0 Å². The molecule has 0 saturated heterocycles. The standard InChI is InChI=1S/C13H20FN/c1-13(2,8-9-15-3)10-11-4-6-12(14)7-5-11/h4-7,15H,8-10H2,1-3H3. The summed E-state index contributed by atoms with van der Waals surface area (Å²) in [5, 5.41) is 3.16. The Hall–Kier alpha value is -0.890. The molecule has 0 radical (unpaired) electrons. The number of benzene rings is 1. The predicted octanol–water partition coefficient (Wildman–Crippen LogP) is 3.00. The summed E-state index contributed by atoms with van der Waals surface area (Å²) >= 11 is 0. The number of halogens is 1. The van der Waals surface area contributed by atoms with Gasteiger partial charge >= 0.3 is 0 Å². The highest BCUT2D eigenvalue weighted by atomic mass is 19.1. The quantitative estimate of drug-likeness (QED) is 0.786. The summed E-state index contributed by atoms with van der Waals surface area (Å²) < 4.78 is 12.7. The van der Waals surface area contributed by atoms with Crippen molar-refractivity contribution in [2.75, 3.05) is 13.6 Å². The summed E-state index contributed by atoms with van der Waals surface area (Å²) in [5.74, 6) is -0.160. The molecule has 0 atom stereocenters. The number of nitrogens with one attached hydrogen (secondary N) is 1. The molecule has 84 valence electrons. The van der Waals surface area contributed by atoms with E-state index in [0.717, 1.165) is 19.4 Å². The molecule has 0 bridgehead atoms. The molecule has 0 unspecified atom stereocenters. The Morgan fingerprint density at radius 2 is 1.80 bits per heavy atom. The molecule has 0 aliphatic rings. The SMILES string of the molecule is CNCCC(C)(C)Cc1ccc(F)cc1. The van der Waals surface area contributed by atoms with Crippen molar-refractivity contribution in [1.82, 2.24) is 5.32 Å². The van der Waals surface area contributed by atoms with Crippen LogP contribution in [0.25, 0.3) is 0 Å². The van der Waals surface area contributed by atoms with Crippen LogP contribution in [-0.4, -0.2) is 13.6 Å². The molecule has 0 aromatic heterocycles. The summed E-state index contributed by atoms with van der Waals surface area (Å²) in [4.78, 5) is 0. The van der Waals surface area contributed by atoms with Crippen LogP contribution in [0.1, 0.15) is 25.8 Å². The van der Waals surface area contributed by atoms with Crippen LogP contribution in [0.4, 0.5) is 4.39 Å². The minimum absolute atomic E-state index is 0.160. The fourth-order valence-corrected chi connectivity index (χ4v) is 1.71. The van der Waals surface area contributed by atoms with E-state index >= 15 is 0 Å². The van der Waals surface area contributed by atoms with Gasteiger partial charge in [0, 0.05) is 0 Å². The maximum Gasteiger partial charge on any atom is 0.123 e. The van der Waals surface area contributed by atoms with Crippen molar-refractivity contribution >= 4 is 0 Å². The molecule has 2 heteroatoms. The Bertz CT molecular complexity index is 290. The van der Waals surface area contributed by atoms with E-state index in [9.17, 15) is 4.39 Å². The summed E-state index contributed by atoms with van der Waals surface area (Å²) in [5.41, 5.74) is 1.47. The molecule has 0 aliphatic heterocycles. The van der Waals surface area contributed by atoms with Crippen molar-refractivity contribution in [3.63, 3.8) is 0 Å². The van der Waals surface area contributed by atoms with Gasteiger partial charge in [-0.2, -0.15) is 0 Å². The molecule has 1 rings (SSSR count). The second-order valence-electron chi connectivity index (χ2n) is 4.82. The molecular formula is C13H20FN. The highest BCUT2D eigenvalue weighted by molar-refractivity contribution is 5.17. The molecule has 1 aromatic rings. The first-order chi connectivity index (χ1) is 7.03. The Morgan fingerprint density at radius 3 is 2.33 bits per heavy atom. The van der Waals surface area contributed by atoms with Crippen molar-refractivity contribution in [3.8, 4) is 0 Å². The summed E-state index contributed by atoms with van der Waals surface area (Å²) in [6, 6.07) is 6.81. The van der Waals surface area contributed by atoms with Gasteiger partial charge in [-0.1, -0.05) is 26.0 Å². The van der Waals surface area contributed by atoms with Crippen molar-refractivity contribution in [3.05, 3.63) is 35.6 Å². The van der Waals surface area contributed by atoms with Crippen LogP contribution in [-0.2, 0) is 6.42 Å². The van der Waals surface area contributed by atoms with Gasteiger partial charge in [-0.05, 0) is 49.5 Å². The lowest BCUT2D eigenvalue weighted by Gasteiger charge is -2.24. The third-order valence-electron chi connectivity index (χ3n) is 2.65. The van der Waals surface area contributed by atoms with Gasteiger partial charge < -0.3 is 5.32 Å².